The van der Waals surface area contributed by atoms with Crippen LogP contribution in [0.3, 0.4) is 0 Å². The van der Waals surface area contributed by atoms with Crippen LogP contribution in [0.1, 0.15) is 10.4 Å². The number of methoxy groups -OCH3 is 1. The predicted molar refractivity (Wildman–Crippen MR) is 66.5 cm³/mol. The Morgan fingerprint density at radius 3 is 2.80 bits per heavy atom. The zero-order valence-corrected chi connectivity index (χ0v) is 10.3. The predicted octanol–water partition coefficient (Wildman–Crippen LogP) is 1.96. The number of carbonyl (C=O) groups excluding carboxylic acids is 1. The molecule has 2 heterocycles. The van der Waals surface area contributed by atoms with Gasteiger partial charge in [0, 0.05) is 18.5 Å². The molecule has 0 saturated heterocycles. The summed E-state index contributed by atoms with van der Waals surface area (Å²) < 4.78 is 9.75. The van der Waals surface area contributed by atoms with Crippen molar-refractivity contribution in [1.29, 1.82) is 0 Å². The van der Waals surface area contributed by atoms with E-state index >= 15 is 0 Å². The number of nitro groups is 1. The summed E-state index contributed by atoms with van der Waals surface area (Å²) in [5.74, 6) is -0.641. The maximum absolute atomic E-state index is 11.3. The Bertz CT molecular complexity index is 645. The Kier molecular flexibility index (Phi) is 3.85. The topological polar surface area (TPSA) is 104 Å². The number of hydrogen-bond donors (Lipinski definition) is 0. The number of rotatable bonds is 4. The molecule has 0 aliphatic carbocycles. The van der Waals surface area contributed by atoms with Crippen LogP contribution in [0.15, 0.2) is 36.8 Å². The Balaban J connectivity index is 2.38. The fraction of sp³-hybridized carbons (Fsp3) is 0.0833. The van der Waals surface area contributed by atoms with Crippen molar-refractivity contribution in [3.63, 3.8) is 0 Å². The lowest BCUT2D eigenvalue weighted by Gasteiger charge is -2.05. The number of pyridine rings is 2. The SMILES string of the molecule is COC(=O)c1cnc(Oc2cccnc2)c([N+](=O)[O-])c1. The van der Waals surface area contributed by atoms with Crippen LogP contribution in [-0.2, 0) is 4.74 Å². The zero-order valence-electron chi connectivity index (χ0n) is 10.3. The van der Waals surface area contributed by atoms with Crippen LogP contribution in [0.25, 0.3) is 0 Å². The molecule has 2 rings (SSSR count). The van der Waals surface area contributed by atoms with E-state index in [1.807, 2.05) is 0 Å². The normalized spacial score (nSPS) is 9.85. The number of nitrogens with zero attached hydrogens (tertiary/aromatic N) is 3. The molecule has 20 heavy (non-hydrogen) atoms. The van der Waals surface area contributed by atoms with Crippen LogP contribution in [0.5, 0.6) is 11.6 Å². The van der Waals surface area contributed by atoms with E-state index in [2.05, 4.69) is 14.7 Å². The van der Waals surface area contributed by atoms with E-state index in [-0.39, 0.29) is 11.4 Å². The molecule has 0 bridgehead atoms. The van der Waals surface area contributed by atoms with Crippen molar-refractivity contribution in [3.05, 3.63) is 52.5 Å². The van der Waals surface area contributed by atoms with Gasteiger partial charge >= 0.3 is 11.7 Å². The number of hydrogen-bond acceptors (Lipinski definition) is 7. The summed E-state index contributed by atoms with van der Waals surface area (Å²) in [6, 6.07) is 4.24. The highest BCUT2D eigenvalue weighted by molar-refractivity contribution is 5.89. The highest BCUT2D eigenvalue weighted by Gasteiger charge is 2.21. The van der Waals surface area contributed by atoms with Crippen molar-refractivity contribution < 1.29 is 19.2 Å². The first kappa shape index (κ1) is 13.4. The van der Waals surface area contributed by atoms with Crippen LogP contribution in [0.2, 0.25) is 0 Å². The van der Waals surface area contributed by atoms with Crippen LogP contribution in [0, 0.1) is 10.1 Å². The Morgan fingerprint density at radius 1 is 1.40 bits per heavy atom. The number of carbonyl (C=O) groups is 1. The van der Waals surface area contributed by atoms with E-state index in [1.54, 1.807) is 12.1 Å². The lowest BCUT2D eigenvalue weighted by Crippen LogP contribution is -2.04. The fourth-order valence-electron chi connectivity index (χ4n) is 1.40. The molecule has 0 fully saturated rings. The molecule has 8 nitrogen and oxygen atoms in total. The molecule has 0 aliphatic rings. The second-order valence-electron chi connectivity index (χ2n) is 3.59. The van der Waals surface area contributed by atoms with E-state index in [1.165, 1.54) is 19.5 Å². The van der Waals surface area contributed by atoms with E-state index in [4.69, 9.17) is 4.74 Å². The molecule has 102 valence electrons. The largest absolute Gasteiger partial charge is 0.465 e. The quantitative estimate of drug-likeness (QED) is 0.477. The van der Waals surface area contributed by atoms with Crippen molar-refractivity contribution >= 4 is 11.7 Å². The van der Waals surface area contributed by atoms with Crippen molar-refractivity contribution in [2.75, 3.05) is 7.11 Å². The Hall–Kier alpha value is -3.03. The van der Waals surface area contributed by atoms with Crippen LogP contribution in [-0.4, -0.2) is 28.0 Å². The average Bonchev–Trinajstić information content (AvgIpc) is 2.47. The third-order valence-corrected chi connectivity index (χ3v) is 2.30. The summed E-state index contributed by atoms with van der Waals surface area (Å²) in [6.07, 6.45) is 4.07. The minimum absolute atomic E-state index is 0.0299. The molecular formula is C12H9N3O5. The number of aromatic nitrogens is 2. The van der Waals surface area contributed by atoms with Gasteiger partial charge in [-0.25, -0.2) is 9.78 Å². The van der Waals surface area contributed by atoms with E-state index in [9.17, 15) is 14.9 Å². The van der Waals surface area contributed by atoms with Crippen molar-refractivity contribution in [3.8, 4) is 11.6 Å². The van der Waals surface area contributed by atoms with Crippen LogP contribution in [0.4, 0.5) is 5.69 Å². The molecule has 0 N–H and O–H groups in total. The Morgan fingerprint density at radius 2 is 2.20 bits per heavy atom. The second kappa shape index (κ2) is 5.74. The third-order valence-electron chi connectivity index (χ3n) is 2.30. The van der Waals surface area contributed by atoms with Gasteiger partial charge in [-0.1, -0.05) is 0 Å². The Labute approximate surface area is 113 Å². The molecule has 0 saturated carbocycles. The van der Waals surface area contributed by atoms with Crippen molar-refractivity contribution in [1.82, 2.24) is 9.97 Å². The molecule has 0 aliphatic heterocycles. The molecular weight excluding hydrogens is 266 g/mol. The van der Waals surface area contributed by atoms with Gasteiger partial charge in [0.2, 0.25) is 0 Å². The summed E-state index contributed by atoms with van der Waals surface area (Å²) in [7, 11) is 1.17. The van der Waals surface area contributed by atoms with Gasteiger partial charge in [0.25, 0.3) is 5.88 Å². The maximum atomic E-state index is 11.3. The van der Waals surface area contributed by atoms with Gasteiger partial charge in [-0.3, -0.25) is 15.1 Å². The van der Waals surface area contributed by atoms with Crippen molar-refractivity contribution in [2.45, 2.75) is 0 Å². The molecule has 0 unspecified atom stereocenters. The fourth-order valence-corrected chi connectivity index (χ4v) is 1.40. The minimum atomic E-state index is -0.714. The van der Waals surface area contributed by atoms with E-state index in [0.29, 0.717) is 5.75 Å². The minimum Gasteiger partial charge on any atom is -0.465 e. The smallest absolute Gasteiger partial charge is 0.339 e. The lowest BCUT2D eigenvalue weighted by atomic mass is 10.2. The van der Waals surface area contributed by atoms with Gasteiger partial charge < -0.3 is 9.47 Å². The maximum Gasteiger partial charge on any atom is 0.339 e. The first-order chi connectivity index (χ1) is 9.61. The number of ether oxygens (including phenoxy) is 2. The van der Waals surface area contributed by atoms with Gasteiger partial charge in [-0.2, -0.15) is 0 Å². The average molecular weight is 275 g/mol. The zero-order chi connectivity index (χ0) is 14.5. The highest BCUT2D eigenvalue weighted by Crippen LogP contribution is 2.29. The van der Waals surface area contributed by atoms with Gasteiger partial charge in [0.15, 0.2) is 0 Å². The van der Waals surface area contributed by atoms with Crippen LogP contribution < -0.4 is 4.74 Å². The molecule has 2 aromatic rings. The number of esters is 1. The summed E-state index contributed by atoms with van der Waals surface area (Å²) in [4.78, 5) is 29.2. The lowest BCUT2D eigenvalue weighted by molar-refractivity contribution is -0.386. The van der Waals surface area contributed by atoms with Gasteiger partial charge in [0.1, 0.15) is 5.75 Å². The van der Waals surface area contributed by atoms with E-state index < -0.39 is 16.6 Å². The molecule has 0 aromatic carbocycles. The highest BCUT2D eigenvalue weighted by atomic mass is 16.6. The van der Waals surface area contributed by atoms with Gasteiger partial charge in [-0.15, -0.1) is 0 Å². The first-order valence-corrected chi connectivity index (χ1v) is 5.42. The summed E-state index contributed by atoms with van der Waals surface area (Å²) in [5, 5.41) is 11.0. The van der Waals surface area contributed by atoms with Crippen molar-refractivity contribution in [2.24, 2.45) is 0 Å². The third kappa shape index (κ3) is 2.86. The molecule has 0 radical (unpaired) electrons. The molecule has 0 atom stereocenters. The summed E-state index contributed by atoms with van der Waals surface area (Å²) >= 11 is 0. The molecule has 8 heteroatoms. The molecule has 0 spiro atoms. The monoisotopic (exact) mass is 275 g/mol. The van der Waals surface area contributed by atoms with Gasteiger partial charge in [0.05, 0.1) is 23.8 Å². The first-order valence-electron chi connectivity index (χ1n) is 5.42. The molecule has 0 amide bonds. The van der Waals surface area contributed by atoms with Gasteiger partial charge in [-0.05, 0) is 12.1 Å². The van der Waals surface area contributed by atoms with E-state index in [0.717, 1.165) is 12.3 Å². The standard InChI is InChI=1S/C12H9N3O5/c1-19-12(16)8-5-10(15(17)18)11(14-6-8)20-9-3-2-4-13-7-9/h2-7H,1H3. The summed E-state index contributed by atoms with van der Waals surface area (Å²) in [6.45, 7) is 0. The van der Waals surface area contributed by atoms with Crippen LogP contribution >= 0.6 is 0 Å². The molecule has 2 aromatic heterocycles. The second-order valence-corrected chi connectivity index (χ2v) is 3.59. The summed E-state index contributed by atoms with van der Waals surface area (Å²) in [5.41, 5.74) is -0.463.